The molecule has 0 bridgehead atoms. The third-order valence-electron chi connectivity index (χ3n) is 4.29. The van der Waals surface area contributed by atoms with Crippen molar-refractivity contribution in [1.82, 2.24) is 4.90 Å². The predicted octanol–water partition coefficient (Wildman–Crippen LogP) is 0.618. The van der Waals surface area contributed by atoms with Gasteiger partial charge < -0.3 is 16.4 Å². The number of rotatable bonds is 5. The number of hydrogen-bond acceptors (Lipinski definition) is 3. The Kier molecular flexibility index (Phi) is 5.14. The molecule has 5 heteroatoms. The summed E-state index contributed by atoms with van der Waals surface area (Å²) in [5.41, 5.74) is 10.7. The van der Waals surface area contributed by atoms with Gasteiger partial charge in [-0.25, -0.2) is 0 Å². The summed E-state index contributed by atoms with van der Waals surface area (Å²) in [5, 5.41) is 0. The van der Waals surface area contributed by atoms with Crippen molar-refractivity contribution in [3.05, 3.63) is 0 Å². The van der Waals surface area contributed by atoms with Gasteiger partial charge in [0.1, 0.15) is 6.04 Å². The van der Waals surface area contributed by atoms with Crippen molar-refractivity contribution >= 4 is 11.8 Å². The molecular weight excluding hydrogens is 230 g/mol. The molecule has 2 amide bonds. The summed E-state index contributed by atoms with van der Waals surface area (Å²) in [7, 11) is 0. The summed E-state index contributed by atoms with van der Waals surface area (Å²) in [6.07, 6.45) is 3.95. The Hall–Kier alpha value is -1.10. The Bertz CT molecular complexity index is 305. The van der Waals surface area contributed by atoms with Crippen molar-refractivity contribution in [2.75, 3.05) is 13.1 Å². The molecule has 0 saturated carbocycles. The normalized spacial score (nSPS) is 20.8. The number of carbonyl (C=O) groups excluding carboxylic acids is 2. The van der Waals surface area contributed by atoms with Crippen LogP contribution in [0.5, 0.6) is 0 Å². The fourth-order valence-electron chi connectivity index (χ4n) is 2.70. The highest BCUT2D eigenvalue weighted by Gasteiger charge is 2.41. The number of piperidine rings is 1. The van der Waals surface area contributed by atoms with E-state index in [1.165, 1.54) is 0 Å². The Morgan fingerprint density at radius 3 is 2.33 bits per heavy atom. The number of nitrogens with two attached hydrogens (primary N) is 2. The SMILES string of the molecule is CCC(CC)(CN)C(=O)N1CCCCC1C(N)=O. The van der Waals surface area contributed by atoms with Gasteiger partial charge in [0, 0.05) is 13.1 Å². The fourth-order valence-corrected chi connectivity index (χ4v) is 2.70. The van der Waals surface area contributed by atoms with Crippen LogP contribution in [0.3, 0.4) is 0 Å². The molecule has 104 valence electrons. The molecule has 18 heavy (non-hydrogen) atoms. The lowest BCUT2D eigenvalue weighted by Crippen LogP contribution is -2.56. The molecule has 0 spiro atoms. The van der Waals surface area contributed by atoms with E-state index in [1.54, 1.807) is 4.90 Å². The summed E-state index contributed by atoms with van der Waals surface area (Å²) >= 11 is 0. The molecule has 1 unspecified atom stereocenters. The lowest BCUT2D eigenvalue weighted by atomic mass is 9.80. The maximum Gasteiger partial charge on any atom is 0.240 e. The van der Waals surface area contributed by atoms with Crippen molar-refractivity contribution < 1.29 is 9.59 Å². The smallest absolute Gasteiger partial charge is 0.240 e. The van der Waals surface area contributed by atoms with Crippen LogP contribution in [0.4, 0.5) is 0 Å². The van der Waals surface area contributed by atoms with Crippen molar-refractivity contribution in [2.24, 2.45) is 16.9 Å². The van der Waals surface area contributed by atoms with Gasteiger partial charge in [0.25, 0.3) is 0 Å². The monoisotopic (exact) mass is 255 g/mol. The Morgan fingerprint density at radius 2 is 1.89 bits per heavy atom. The second kappa shape index (κ2) is 6.18. The molecule has 0 aromatic heterocycles. The van der Waals surface area contributed by atoms with Gasteiger partial charge >= 0.3 is 0 Å². The predicted molar refractivity (Wildman–Crippen MR) is 70.6 cm³/mol. The first-order valence-electron chi connectivity index (χ1n) is 6.83. The molecule has 0 aliphatic carbocycles. The zero-order chi connectivity index (χ0) is 13.8. The van der Waals surface area contributed by atoms with E-state index in [2.05, 4.69) is 0 Å². The van der Waals surface area contributed by atoms with Crippen LogP contribution in [-0.2, 0) is 9.59 Å². The van der Waals surface area contributed by atoms with E-state index in [4.69, 9.17) is 11.5 Å². The molecule has 1 fully saturated rings. The first-order valence-corrected chi connectivity index (χ1v) is 6.83. The van der Waals surface area contributed by atoms with Gasteiger partial charge in [-0.3, -0.25) is 9.59 Å². The quantitative estimate of drug-likeness (QED) is 0.754. The van der Waals surface area contributed by atoms with Crippen molar-refractivity contribution in [3.63, 3.8) is 0 Å². The lowest BCUT2D eigenvalue weighted by molar-refractivity contribution is -0.150. The molecular formula is C13H25N3O2. The van der Waals surface area contributed by atoms with Gasteiger partial charge in [-0.15, -0.1) is 0 Å². The van der Waals surface area contributed by atoms with Crippen LogP contribution in [0.1, 0.15) is 46.0 Å². The molecule has 4 N–H and O–H groups in total. The van der Waals surface area contributed by atoms with Crippen molar-refractivity contribution in [1.29, 1.82) is 0 Å². The molecule has 0 aromatic rings. The highest BCUT2D eigenvalue weighted by molar-refractivity contribution is 5.89. The van der Waals surface area contributed by atoms with E-state index in [9.17, 15) is 9.59 Å². The lowest BCUT2D eigenvalue weighted by Gasteiger charge is -2.40. The van der Waals surface area contributed by atoms with Crippen LogP contribution >= 0.6 is 0 Å². The van der Waals surface area contributed by atoms with Gasteiger partial charge in [0.2, 0.25) is 11.8 Å². The average Bonchev–Trinajstić information content (AvgIpc) is 2.41. The minimum Gasteiger partial charge on any atom is -0.368 e. The second-order valence-corrected chi connectivity index (χ2v) is 5.10. The summed E-state index contributed by atoms with van der Waals surface area (Å²) in [6.45, 7) is 4.88. The minimum absolute atomic E-state index is 0.00139. The largest absolute Gasteiger partial charge is 0.368 e. The third-order valence-corrected chi connectivity index (χ3v) is 4.29. The van der Waals surface area contributed by atoms with Crippen LogP contribution in [0.15, 0.2) is 0 Å². The average molecular weight is 255 g/mol. The van der Waals surface area contributed by atoms with E-state index in [-0.39, 0.29) is 5.91 Å². The third kappa shape index (κ3) is 2.66. The van der Waals surface area contributed by atoms with Gasteiger partial charge in [0.05, 0.1) is 5.41 Å². The number of amides is 2. The van der Waals surface area contributed by atoms with Gasteiger partial charge in [0.15, 0.2) is 0 Å². The molecule has 0 radical (unpaired) electrons. The molecule has 0 aromatic carbocycles. The maximum absolute atomic E-state index is 12.7. The molecule has 1 atom stereocenters. The molecule has 1 aliphatic rings. The molecule has 1 heterocycles. The van der Waals surface area contributed by atoms with Gasteiger partial charge in [-0.05, 0) is 32.1 Å². The molecule has 1 rings (SSSR count). The van der Waals surface area contributed by atoms with E-state index < -0.39 is 17.4 Å². The van der Waals surface area contributed by atoms with Crippen LogP contribution in [-0.4, -0.2) is 35.8 Å². The van der Waals surface area contributed by atoms with Crippen LogP contribution in [0, 0.1) is 5.41 Å². The summed E-state index contributed by atoms with van der Waals surface area (Å²) < 4.78 is 0. The van der Waals surface area contributed by atoms with Crippen molar-refractivity contribution in [3.8, 4) is 0 Å². The molecule has 1 saturated heterocycles. The summed E-state index contributed by atoms with van der Waals surface area (Å²) in [5.74, 6) is -0.403. The fraction of sp³-hybridized carbons (Fsp3) is 0.846. The van der Waals surface area contributed by atoms with E-state index in [0.29, 0.717) is 32.4 Å². The van der Waals surface area contributed by atoms with Crippen LogP contribution < -0.4 is 11.5 Å². The first kappa shape index (κ1) is 15.0. The Balaban J connectivity index is 2.95. The van der Waals surface area contributed by atoms with Crippen molar-refractivity contribution in [2.45, 2.75) is 52.0 Å². The van der Waals surface area contributed by atoms with Gasteiger partial charge in [-0.2, -0.15) is 0 Å². The Morgan fingerprint density at radius 1 is 1.28 bits per heavy atom. The van der Waals surface area contributed by atoms with E-state index in [1.807, 2.05) is 13.8 Å². The van der Waals surface area contributed by atoms with Gasteiger partial charge in [-0.1, -0.05) is 13.8 Å². The van der Waals surface area contributed by atoms with Crippen LogP contribution in [0.2, 0.25) is 0 Å². The van der Waals surface area contributed by atoms with E-state index >= 15 is 0 Å². The van der Waals surface area contributed by atoms with Crippen LogP contribution in [0.25, 0.3) is 0 Å². The number of carbonyl (C=O) groups is 2. The Labute approximate surface area is 109 Å². The minimum atomic E-state index is -0.537. The molecule has 1 aliphatic heterocycles. The zero-order valence-corrected chi connectivity index (χ0v) is 11.4. The number of hydrogen-bond donors (Lipinski definition) is 2. The molecule has 5 nitrogen and oxygen atoms in total. The first-order chi connectivity index (χ1) is 8.52. The number of likely N-dealkylation sites (tertiary alicyclic amines) is 1. The summed E-state index contributed by atoms with van der Waals surface area (Å²) in [6, 6.07) is -0.449. The maximum atomic E-state index is 12.7. The topological polar surface area (TPSA) is 89.4 Å². The highest BCUT2D eigenvalue weighted by Crippen LogP contribution is 2.30. The number of nitrogens with zero attached hydrogens (tertiary/aromatic N) is 1. The zero-order valence-electron chi connectivity index (χ0n) is 11.4. The standard InChI is InChI=1S/C13H25N3O2/c1-3-13(4-2,9-14)12(18)16-8-6-5-7-10(16)11(15)17/h10H,3-9,14H2,1-2H3,(H2,15,17). The second-order valence-electron chi connectivity index (χ2n) is 5.10. The number of primary amides is 1. The van der Waals surface area contributed by atoms with E-state index in [0.717, 1.165) is 12.8 Å². The highest BCUT2D eigenvalue weighted by atomic mass is 16.2. The summed E-state index contributed by atoms with van der Waals surface area (Å²) in [4.78, 5) is 25.8.